The zero-order valence-corrected chi connectivity index (χ0v) is 16.9. The van der Waals surface area contributed by atoms with Crippen molar-refractivity contribution in [2.45, 2.75) is 46.3 Å². The van der Waals surface area contributed by atoms with Gasteiger partial charge in [-0.2, -0.15) is 0 Å². The molecule has 1 aromatic carbocycles. The summed E-state index contributed by atoms with van der Waals surface area (Å²) in [7, 11) is 0. The molecule has 27 heavy (non-hydrogen) atoms. The van der Waals surface area contributed by atoms with Gasteiger partial charge in [-0.15, -0.1) is 11.3 Å². The van der Waals surface area contributed by atoms with E-state index in [0.29, 0.717) is 19.5 Å². The van der Waals surface area contributed by atoms with Gasteiger partial charge in [0, 0.05) is 30.9 Å². The van der Waals surface area contributed by atoms with E-state index in [1.165, 1.54) is 16.0 Å². The summed E-state index contributed by atoms with van der Waals surface area (Å²) in [6, 6.07) is 10.5. The Hall–Kier alpha value is -2.34. The van der Waals surface area contributed by atoms with Crippen LogP contribution in [0.25, 0.3) is 0 Å². The van der Waals surface area contributed by atoms with Crippen LogP contribution in [0.5, 0.6) is 0 Å². The Morgan fingerprint density at radius 3 is 2.81 bits per heavy atom. The van der Waals surface area contributed by atoms with Crippen molar-refractivity contribution in [2.24, 2.45) is 4.99 Å². The van der Waals surface area contributed by atoms with E-state index in [4.69, 9.17) is 4.99 Å². The standard InChI is InChI=1S/C21H28N4OS/c1-3-22-21(24-14-19-16(2)9-11-27-19)23-13-17-6-4-7-18(12-17)15-25-10-5-8-20(25)26/h4,6-7,9,11-12H,3,5,8,10,13-15H2,1-2H3,(H2,22,23,24). The maximum atomic E-state index is 11.8. The summed E-state index contributed by atoms with van der Waals surface area (Å²) < 4.78 is 0. The number of nitrogens with zero attached hydrogens (tertiary/aromatic N) is 2. The largest absolute Gasteiger partial charge is 0.357 e. The fourth-order valence-electron chi connectivity index (χ4n) is 3.18. The fourth-order valence-corrected chi connectivity index (χ4v) is 4.03. The van der Waals surface area contributed by atoms with Crippen LogP contribution in [-0.4, -0.2) is 29.9 Å². The number of rotatable bonds is 7. The number of hydrogen-bond donors (Lipinski definition) is 2. The van der Waals surface area contributed by atoms with Crippen molar-refractivity contribution in [3.63, 3.8) is 0 Å². The van der Waals surface area contributed by atoms with Gasteiger partial charge in [-0.3, -0.25) is 4.79 Å². The van der Waals surface area contributed by atoms with E-state index in [1.54, 1.807) is 11.3 Å². The Bertz CT molecular complexity index is 799. The number of thiophene rings is 1. The van der Waals surface area contributed by atoms with Crippen molar-refractivity contribution in [3.8, 4) is 0 Å². The molecule has 1 aliphatic heterocycles. The molecule has 0 spiro atoms. The van der Waals surface area contributed by atoms with Crippen molar-refractivity contribution in [1.82, 2.24) is 15.5 Å². The Kier molecular flexibility index (Phi) is 6.87. The van der Waals surface area contributed by atoms with Crippen molar-refractivity contribution in [1.29, 1.82) is 0 Å². The SMILES string of the molecule is CCNC(=NCc1cccc(CN2CCCC2=O)c1)NCc1sccc1C. The molecule has 144 valence electrons. The maximum absolute atomic E-state index is 11.8. The molecule has 0 aliphatic carbocycles. The molecule has 1 fully saturated rings. The molecule has 2 aromatic rings. The number of hydrogen-bond acceptors (Lipinski definition) is 3. The first-order chi connectivity index (χ1) is 13.2. The first-order valence-electron chi connectivity index (χ1n) is 9.56. The molecule has 1 saturated heterocycles. The van der Waals surface area contributed by atoms with Crippen molar-refractivity contribution in [2.75, 3.05) is 13.1 Å². The average Bonchev–Trinajstić information content (AvgIpc) is 3.26. The van der Waals surface area contributed by atoms with Crippen LogP contribution in [-0.2, 0) is 24.4 Å². The highest BCUT2D eigenvalue weighted by molar-refractivity contribution is 7.10. The number of likely N-dealkylation sites (tertiary alicyclic amines) is 1. The third-order valence-corrected chi connectivity index (χ3v) is 5.71. The Morgan fingerprint density at radius 2 is 2.11 bits per heavy atom. The first kappa shape index (κ1) is 19.4. The minimum Gasteiger partial charge on any atom is -0.357 e. The average molecular weight is 385 g/mol. The number of aliphatic imine (C=N–C) groups is 1. The molecule has 3 rings (SSSR count). The van der Waals surface area contributed by atoms with Gasteiger partial charge in [0.2, 0.25) is 5.91 Å². The number of amides is 1. The molecule has 2 N–H and O–H groups in total. The molecule has 6 heteroatoms. The number of carbonyl (C=O) groups excluding carboxylic acids is 1. The van der Waals surface area contributed by atoms with Gasteiger partial charge in [0.1, 0.15) is 0 Å². The van der Waals surface area contributed by atoms with E-state index in [-0.39, 0.29) is 5.91 Å². The predicted octanol–water partition coefficient (Wildman–Crippen LogP) is 3.43. The van der Waals surface area contributed by atoms with Gasteiger partial charge in [0.05, 0.1) is 13.1 Å². The summed E-state index contributed by atoms with van der Waals surface area (Å²) in [5.74, 6) is 1.09. The van der Waals surface area contributed by atoms with Crippen LogP contribution in [0.1, 0.15) is 41.3 Å². The molecule has 1 amide bonds. The van der Waals surface area contributed by atoms with Gasteiger partial charge in [-0.25, -0.2) is 4.99 Å². The van der Waals surface area contributed by atoms with E-state index < -0.39 is 0 Å². The molecule has 5 nitrogen and oxygen atoms in total. The van der Waals surface area contributed by atoms with Gasteiger partial charge in [0.15, 0.2) is 5.96 Å². The third kappa shape index (κ3) is 5.57. The van der Waals surface area contributed by atoms with Crippen molar-refractivity contribution in [3.05, 3.63) is 57.3 Å². The molecule has 0 unspecified atom stereocenters. The second-order valence-electron chi connectivity index (χ2n) is 6.81. The quantitative estimate of drug-likeness (QED) is 0.568. The zero-order valence-electron chi connectivity index (χ0n) is 16.1. The van der Waals surface area contributed by atoms with Crippen LogP contribution in [0.4, 0.5) is 0 Å². The highest BCUT2D eigenvalue weighted by atomic mass is 32.1. The van der Waals surface area contributed by atoms with E-state index in [9.17, 15) is 4.79 Å². The van der Waals surface area contributed by atoms with E-state index in [2.05, 4.69) is 60.2 Å². The van der Waals surface area contributed by atoms with Gasteiger partial charge < -0.3 is 15.5 Å². The maximum Gasteiger partial charge on any atom is 0.222 e. The topological polar surface area (TPSA) is 56.7 Å². The molecule has 0 radical (unpaired) electrons. The number of aryl methyl sites for hydroxylation is 1. The van der Waals surface area contributed by atoms with Crippen molar-refractivity contribution < 1.29 is 4.79 Å². The molecule has 0 atom stereocenters. The lowest BCUT2D eigenvalue weighted by Crippen LogP contribution is -2.36. The molecule has 1 aliphatic rings. The highest BCUT2D eigenvalue weighted by Crippen LogP contribution is 2.16. The smallest absolute Gasteiger partial charge is 0.222 e. The third-order valence-electron chi connectivity index (χ3n) is 4.68. The van der Waals surface area contributed by atoms with E-state index in [1.807, 2.05) is 4.90 Å². The van der Waals surface area contributed by atoms with Crippen LogP contribution >= 0.6 is 11.3 Å². The predicted molar refractivity (Wildman–Crippen MR) is 112 cm³/mol. The van der Waals surface area contributed by atoms with Crippen LogP contribution in [0.2, 0.25) is 0 Å². The Balaban J connectivity index is 1.60. The molecule has 1 aromatic heterocycles. The van der Waals surface area contributed by atoms with Crippen molar-refractivity contribution >= 4 is 23.2 Å². The summed E-state index contributed by atoms with van der Waals surface area (Å²) in [5, 5.41) is 8.83. The minimum atomic E-state index is 0.265. The summed E-state index contributed by atoms with van der Waals surface area (Å²) in [4.78, 5) is 19.8. The summed E-state index contributed by atoms with van der Waals surface area (Å²) in [6.45, 7) is 8.00. The normalized spacial score (nSPS) is 14.7. The molecule has 2 heterocycles. The van der Waals surface area contributed by atoms with Crippen LogP contribution in [0.15, 0.2) is 40.7 Å². The highest BCUT2D eigenvalue weighted by Gasteiger charge is 2.19. The fraction of sp³-hybridized carbons (Fsp3) is 0.429. The number of carbonyl (C=O) groups is 1. The lowest BCUT2D eigenvalue weighted by Gasteiger charge is -2.16. The van der Waals surface area contributed by atoms with Gasteiger partial charge >= 0.3 is 0 Å². The monoisotopic (exact) mass is 384 g/mol. The summed E-state index contributed by atoms with van der Waals surface area (Å²) in [6.07, 6.45) is 1.66. The molecular formula is C21H28N4OS. The summed E-state index contributed by atoms with van der Waals surface area (Å²) >= 11 is 1.76. The van der Waals surface area contributed by atoms with Crippen LogP contribution in [0.3, 0.4) is 0 Å². The van der Waals surface area contributed by atoms with E-state index >= 15 is 0 Å². The van der Waals surface area contributed by atoms with Crippen LogP contribution < -0.4 is 10.6 Å². The number of nitrogens with one attached hydrogen (secondary N) is 2. The minimum absolute atomic E-state index is 0.265. The van der Waals surface area contributed by atoms with Crippen LogP contribution in [0, 0.1) is 6.92 Å². The lowest BCUT2D eigenvalue weighted by atomic mass is 10.1. The van der Waals surface area contributed by atoms with Gasteiger partial charge in [0.25, 0.3) is 0 Å². The second kappa shape index (κ2) is 9.55. The van der Waals surface area contributed by atoms with Gasteiger partial charge in [-0.05, 0) is 48.4 Å². The molecular weight excluding hydrogens is 356 g/mol. The number of guanidine groups is 1. The first-order valence-corrected chi connectivity index (χ1v) is 10.4. The lowest BCUT2D eigenvalue weighted by molar-refractivity contribution is -0.128. The molecule has 0 bridgehead atoms. The van der Waals surface area contributed by atoms with E-state index in [0.717, 1.165) is 37.6 Å². The Morgan fingerprint density at radius 1 is 1.26 bits per heavy atom. The number of benzene rings is 1. The van der Waals surface area contributed by atoms with Gasteiger partial charge in [-0.1, -0.05) is 24.3 Å². The zero-order chi connectivity index (χ0) is 19.1. The summed E-state index contributed by atoms with van der Waals surface area (Å²) in [5.41, 5.74) is 3.64. The molecule has 0 saturated carbocycles. The second-order valence-corrected chi connectivity index (χ2v) is 7.81. The Labute approximate surface area is 165 Å².